The smallest absolute Gasteiger partial charge is 0.203 e. The molecule has 1 aromatic heterocycles. The Morgan fingerprint density at radius 3 is 3.00 bits per heavy atom. The van der Waals surface area contributed by atoms with Crippen molar-refractivity contribution in [3.05, 3.63) is 11.9 Å². The van der Waals surface area contributed by atoms with Crippen molar-refractivity contribution >= 4 is 5.95 Å². The lowest BCUT2D eigenvalue weighted by molar-refractivity contribution is 0.197. The quantitative estimate of drug-likeness (QED) is 0.722. The molecule has 0 spiro atoms. The van der Waals surface area contributed by atoms with E-state index in [0.29, 0.717) is 6.04 Å². The van der Waals surface area contributed by atoms with E-state index in [1.54, 1.807) is 7.11 Å². The Labute approximate surface area is 110 Å². The highest BCUT2D eigenvalue weighted by atomic mass is 16.5. The lowest BCUT2D eigenvalue weighted by atomic mass is 10.1. The van der Waals surface area contributed by atoms with Crippen molar-refractivity contribution in [2.75, 3.05) is 25.6 Å². The number of nitrogens with one attached hydrogen (secondary N) is 1. The summed E-state index contributed by atoms with van der Waals surface area (Å²) in [5, 5.41) is 3.42. The second-order valence-corrected chi connectivity index (χ2v) is 5.41. The van der Waals surface area contributed by atoms with Gasteiger partial charge in [0.2, 0.25) is 5.95 Å². The fourth-order valence-corrected chi connectivity index (χ4v) is 2.35. The first-order valence-electron chi connectivity index (χ1n) is 6.99. The van der Waals surface area contributed by atoms with Crippen molar-refractivity contribution in [2.24, 2.45) is 5.92 Å². The fraction of sp³-hybridized carbons (Fsp3) is 0.786. The van der Waals surface area contributed by atoms with Crippen molar-refractivity contribution in [3.63, 3.8) is 0 Å². The summed E-state index contributed by atoms with van der Waals surface area (Å²) in [5.74, 6) is 1.96. The standard InChI is InChI=1S/C14H25N3O/c1-11-10-17(12(2)9-13-5-6-13)14(16-11)15-7-4-8-18-3/h10,12-13H,4-9H2,1-3H3,(H,15,16). The summed E-state index contributed by atoms with van der Waals surface area (Å²) >= 11 is 0. The van der Waals surface area contributed by atoms with E-state index < -0.39 is 0 Å². The van der Waals surface area contributed by atoms with Gasteiger partial charge in [0, 0.05) is 32.5 Å². The Balaban J connectivity index is 1.90. The molecule has 1 saturated carbocycles. The summed E-state index contributed by atoms with van der Waals surface area (Å²) in [7, 11) is 1.74. The summed E-state index contributed by atoms with van der Waals surface area (Å²) in [6.45, 7) is 6.06. The van der Waals surface area contributed by atoms with Crippen molar-refractivity contribution in [2.45, 2.75) is 45.6 Å². The third-order valence-electron chi connectivity index (χ3n) is 3.51. The van der Waals surface area contributed by atoms with Gasteiger partial charge in [-0.2, -0.15) is 0 Å². The van der Waals surface area contributed by atoms with Crippen LogP contribution in [-0.2, 0) is 4.74 Å². The molecule has 2 rings (SSSR count). The number of nitrogens with zero attached hydrogens (tertiary/aromatic N) is 2. The number of rotatable bonds is 8. The fourth-order valence-electron chi connectivity index (χ4n) is 2.35. The van der Waals surface area contributed by atoms with Gasteiger partial charge < -0.3 is 14.6 Å². The van der Waals surface area contributed by atoms with Gasteiger partial charge in [-0.1, -0.05) is 12.8 Å². The van der Waals surface area contributed by atoms with Gasteiger partial charge in [0.25, 0.3) is 0 Å². The van der Waals surface area contributed by atoms with Gasteiger partial charge >= 0.3 is 0 Å². The Morgan fingerprint density at radius 1 is 1.56 bits per heavy atom. The maximum absolute atomic E-state index is 5.06. The number of aryl methyl sites for hydroxylation is 1. The van der Waals surface area contributed by atoms with Gasteiger partial charge in [-0.25, -0.2) is 4.98 Å². The van der Waals surface area contributed by atoms with Crippen LogP contribution in [0.4, 0.5) is 5.95 Å². The highest BCUT2D eigenvalue weighted by molar-refractivity contribution is 5.29. The Bertz CT molecular complexity index is 371. The van der Waals surface area contributed by atoms with Crippen LogP contribution in [0.2, 0.25) is 0 Å². The van der Waals surface area contributed by atoms with Crippen LogP contribution >= 0.6 is 0 Å². The Morgan fingerprint density at radius 2 is 2.33 bits per heavy atom. The molecule has 1 heterocycles. The van der Waals surface area contributed by atoms with Crippen LogP contribution < -0.4 is 5.32 Å². The Hall–Kier alpha value is -1.03. The number of aromatic nitrogens is 2. The van der Waals surface area contributed by atoms with Gasteiger partial charge in [-0.15, -0.1) is 0 Å². The first-order valence-corrected chi connectivity index (χ1v) is 6.99. The molecule has 1 atom stereocenters. The SMILES string of the molecule is COCCCNc1nc(C)cn1C(C)CC1CC1. The van der Waals surface area contributed by atoms with Crippen LogP contribution in [0, 0.1) is 12.8 Å². The minimum absolute atomic E-state index is 0.545. The molecule has 1 aromatic rings. The molecule has 1 unspecified atom stereocenters. The van der Waals surface area contributed by atoms with Crippen molar-refractivity contribution in [1.82, 2.24) is 9.55 Å². The van der Waals surface area contributed by atoms with Crippen molar-refractivity contribution in [1.29, 1.82) is 0 Å². The van der Waals surface area contributed by atoms with E-state index in [0.717, 1.165) is 37.1 Å². The van der Waals surface area contributed by atoms with Crippen LogP contribution in [-0.4, -0.2) is 29.8 Å². The molecule has 0 amide bonds. The zero-order valence-corrected chi connectivity index (χ0v) is 11.8. The zero-order valence-electron chi connectivity index (χ0n) is 11.8. The average molecular weight is 251 g/mol. The molecule has 0 saturated heterocycles. The van der Waals surface area contributed by atoms with E-state index in [1.807, 2.05) is 0 Å². The van der Waals surface area contributed by atoms with Crippen molar-refractivity contribution < 1.29 is 4.74 Å². The molecule has 102 valence electrons. The zero-order chi connectivity index (χ0) is 13.0. The third kappa shape index (κ3) is 3.73. The predicted molar refractivity (Wildman–Crippen MR) is 74.0 cm³/mol. The van der Waals surface area contributed by atoms with Gasteiger partial charge in [-0.3, -0.25) is 0 Å². The molecule has 4 nitrogen and oxygen atoms in total. The summed E-state index contributed by atoms with van der Waals surface area (Å²) < 4.78 is 7.35. The monoisotopic (exact) mass is 251 g/mol. The van der Waals surface area contributed by atoms with Crippen LogP contribution in [0.1, 0.15) is 44.3 Å². The van der Waals surface area contributed by atoms with E-state index in [1.165, 1.54) is 19.3 Å². The third-order valence-corrected chi connectivity index (χ3v) is 3.51. The molecule has 0 radical (unpaired) electrons. The minimum atomic E-state index is 0.545. The van der Waals surface area contributed by atoms with E-state index in [9.17, 15) is 0 Å². The van der Waals surface area contributed by atoms with Crippen LogP contribution in [0.15, 0.2) is 6.20 Å². The van der Waals surface area contributed by atoms with E-state index in [2.05, 4.69) is 34.9 Å². The van der Waals surface area contributed by atoms with Crippen molar-refractivity contribution in [3.8, 4) is 0 Å². The summed E-state index contributed by atoms with van der Waals surface area (Å²) in [6.07, 6.45) is 7.27. The average Bonchev–Trinajstić information content (AvgIpc) is 3.06. The molecule has 18 heavy (non-hydrogen) atoms. The van der Waals surface area contributed by atoms with Gasteiger partial charge in [0.05, 0.1) is 5.69 Å². The van der Waals surface area contributed by atoms with Crippen LogP contribution in [0.5, 0.6) is 0 Å². The lowest BCUT2D eigenvalue weighted by Crippen LogP contribution is -2.13. The number of imidazole rings is 1. The molecule has 1 aliphatic carbocycles. The highest BCUT2D eigenvalue weighted by Crippen LogP contribution is 2.37. The molecule has 1 aliphatic rings. The largest absolute Gasteiger partial charge is 0.385 e. The molecule has 1 fully saturated rings. The first-order chi connectivity index (χ1) is 8.70. The maximum Gasteiger partial charge on any atom is 0.203 e. The summed E-state index contributed by atoms with van der Waals surface area (Å²) in [5.41, 5.74) is 1.09. The molecular weight excluding hydrogens is 226 g/mol. The number of anilines is 1. The van der Waals surface area contributed by atoms with Crippen LogP contribution in [0.3, 0.4) is 0 Å². The molecular formula is C14H25N3O. The first kappa shape index (κ1) is 13.4. The molecule has 0 aromatic carbocycles. The molecule has 1 N–H and O–H groups in total. The minimum Gasteiger partial charge on any atom is -0.385 e. The second kappa shape index (κ2) is 6.23. The van der Waals surface area contributed by atoms with E-state index in [-0.39, 0.29) is 0 Å². The van der Waals surface area contributed by atoms with Crippen LogP contribution in [0.25, 0.3) is 0 Å². The highest BCUT2D eigenvalue weighted by Gasteiger charge is 2.25. The number of hydrogen-bond acceptors (Lipinski definition) is 3. The van der Waals surface area contributed by atoms with Gasteiger partial charge in [-0.05, 0) is 32.6 Å². The maximum atomic E-state index is 5.06. The van der Waals surface area contributed by atoms with Gasteiger partial charge in [0.1, 0.15) is 0 Å². The molecule has 4 heteroatoms. The molecule has 0 aliphatic heterocycles. The molecule has 0 bridgehead atoms. The lowest BCUT2D eigenvalue weighted by Gasteiger charge is -2.16. The number of hydrogen-bond donors (Lipinski definition) is 1. The number of methoxy groups -OCH3 is 1. The van der Waals surface area contributed by atoms with Gasteiger partial charge in [0.15, 0.2) is 0 Å². The number of ether oxygens (including phenoxy) is 1. The second-order valence-electron chi connectivity index (χ2n) is 5.41. The predicted octanol–water partition coefficient (Wildman–Crippen LogP) is 3.00. The topological polar surface area (TPSA) is 39.1 Å². The summed E-state index contributed by atoms with van der Waals surface area (Å²) in [4.78, 5) is 4.57. The normalized spacial score (nSPS) is 16.8. The van der Waals surface area contributed by atoms with E-state index in [4.69, 9.17) is 4.74 Å². The van der Waals surface area contributed by atoms with E-state index >= 15 is 0 Å². The Kier molecular flexibility index (Phi) is 4.64. The summed E-state index contributed by atoms with van der Waals surface area (Å²) in [6, 6.07) is 0.545.